The quantitative estimate of drug-likeness (QED) is 0.626. The van der Waals surface area contributed by atoms with Crippen LogP contribution in [-0.4, -0.2) is 49.9 Å². The Morgan fingerprint density at radius 2 is 2.00 bits per heavy atom. The predicted octanol–water partition coefficient (Wildman–Crippen LogP) is 1.69. The lowest BCUT2D eigenvalue weighted by molar-refractivity contribution is -0.124. The molecule has 0 heterocycles. The van der Waals surface area contributed by atoms with Crippen molar-refractivity contribution in [3.8, 4) is 0 Å². The zero-order valence-electron chi connectivity index (χ0n) is 12.0. The average Bonchev–Trinajstić information content (AvgIpc) is 2.35. The number of carbonyl (C=O) groups is 1. The second-order valence-electron chi connectivity index (χ2n) is 4.92. The van der Waals surface area contributed by atoms with Crippen LogP contribution in [0, 0.1) is 0 Å². The van der Waals surface area contributed by atoms with Crippen molar-refractivity contribution < 1.29 is 4.79 Å². The summed E-state index contributed by atoms with van der Waals surface area (Å²) in [6, 6.07) is 7.47. The molecule has 0 aliphatic rings. The molecule has 1 amide bonds. The van der Waals surface area contributed by atoms with Gasteiger partial charge >= 0.3 is 0 Å². The summed E-state index contributed by atoms with van der Waals surface area (Å²) in [7, 11) is 5.88. The number of nitrogens with two attached hydrogens (primary N) is 1. The van der Waals surface area contributed by atoms with Crippen molar-refractivity contribution in [3.05, 3.63) is 35.9 Å². The van der Waals surface area contributed by atoms with Crippen LogP contribution in [0.15, 0.2) is 30.3 Å². The first-order chi connectivity index (χ1) is 8.99. The fourth-order valence-corrected chi connectivity index (χ4v) is 1.69. The minimum Gasteiger partial charge on any atom is -0.399 e. The van der Waals surface area contributed by atoms with Gasteiger partial charge in [0.15, 0.2) is 0 Å². The molecule has 0 aliphatic heterocycles. The molecule has 1 aromatic rings. The van der Waals surface area contributed by atoms with Crippen molar-refractivity contribution in [1.29, 1.82) is 0 Å². The Labute approximate surface area is 115 Å². The van der Waals surface area contributed by atoms with Gasteiger partial charge < -0.3 is 15.5 Å². The fourth-order valence-electron chi connectivity index (χ4n) is 1.69. The Hall–Kier alpha value is -1.81. The summed E-state index contributed by atoms with van der Waals surface area (Å²) in [6.45, 7) is 1.74. The molecule has 4 heteroatoms. The third kappa shape index (κ3) is 6.06. The molecule has 0 saturated carbocycles. The van der Waals surface area contributed by atoms with Gasteiger partial charge in [0.25, 0.3) is 0 Å². The number of likely N-dealkylation sites (N-methyl/N-ethyl adjacent to an activating group) is 1. The van der Waals surface area contributed by atoms with Gasteiger partial charge in [0.1, 0.15) is 0 Å². The molecule has 0 spiro atoms. The Morgan fingerprint density at radius 1 is 1.26 bits per heavy atom. The highest BCUT2D eigenvalue weighted by molar-refractivity contribution is 5.91. The minimum absolute atomic E-state index is 0.0150. The van der Waals surface area contributed by atoms with Gasteiger partial charge in [0.2, 0.25) is 5.91 Å². The summed E-state index contributed by atoms with van der Waals surface area (Å²) in [5, 5.41) is 0. The van der Waals surface area contributed by atoms with E-state index in [2.05, 4.69) is 4.90 Å². The van der Waals surface area contributed by atoms with Gasteiger partial charge in [-0.2, -0.15) is 0 Å². The maximum absolute atomic E-state index is 11.9. The van der Waals surface area contributed by atoms with Crippen molar-refractivity contribution in [2.45, 2.75) is 6.42 Å². The number of nitrogens with zero attached hydrogens (tertiary/aromatic N) is 2. The molecular weight excluding hydrogens is 238 g/mol. The summed E-state index contributed by atoms with van der Waals surface area (Å²) in [6.07, 6.45) is 4.35. The molecule has 0 radical (unpaired) electrons. The van der Waals surface area contributed by atoms with E-state index in [9.17, 15) is 4.79 Å². The number of benzene rings is 1. The van der Waals surface area contributed by atoms with E-state index in [1.807, 2.05) is 45.4 Å². The lowest BCUT2D eigenvalue weighted by atomic mass is 10.2. The summed E-state index contributed by atoms with van der Waals surface area (Å²) >= 11 is 0. The van der Waals surface area contributed by atoms with Gasteiger partial charge in [-0.25, -0.2) is 0 Å². The molecule has 2 N–H and O–H groups in total. The number of carbonyl (C=O) groups excluding carboxylic acids is 1. The van der Waals surface area contributed by atoms with E-state index in [0.29, 0.717) is 5.69 Å². The van der Waals surface area contributed by atoms with Gasteiger partial charge in [0.05, 0.1) is 0 Å². The topological polar surface area (TPSA) is 49.6 Å². The summed E-state index contributed by atoms with van der Waals surface area (Å²) in [4.78, 5) is 15.7. The number of amides is 1. The van der Waals surface area contributed by atoms with E-state index < -0.39 is 0 Å². The first-order valence-electron chi connectivity index (χ1n) is 6.42. The van der Waals surface area contributed by atoms with Gasteiger partial charge in [-0.05, 0) is 50.8 Å². The lowest BCUT2D eigenvalue weighted by Crippen LogP contribution is -2.28. The summed E-state index contributed by atoms with van der Waals surface area (Å²) < 4.78 is 0. The number of hydrogen-bond donors (Lipinski definition) is 1. The van der Waals surface area contributed by atoms with Crippen molar-refractivity contribution in [1.82, 2.24) is 9.80 Å². The van der Waals surface area contributed by atoms with Gasteiger partial charge in [-0.3, -0.25) is 4.79 Å². The van der Waals surface area contributed by atoms with Gasteiger partial charge in [-0.15, -0.1) is 0 Å². The molecule has 0 saturated heterocycles. The summed E-state index contributed by atoms with van der Waals surface area (Å²) in [5.41, 5.74) is 7.33. The number of nitrogen functional groups attached to an aromatic ring is 1. The Bertz CT molecular complexity index is 441. The Balaban J connectivity index is 2.45. The molecule has 1 aromatic carbocycles. The lowest BCUT2D eigenvalue weighted by Gasteiger charge is -2.16. The van der Waals surface area contributed by atoms with E-state index in [0.717, 1.165) is 25.1 Å². The molecule has 0 aliphatic carbocycles. The van der Waals surface area contributed by atoms with Crippen LogP contribution in [-0.2, 0) is 4.79 Å². The zero-order chi connectivity index (χ0) is 14.3. The van der Waals surface area contributed by atoms with Gasteiger partial charge in [0, 0.05) is 25.4 Å². The van der Waals surface area contributed by atoms with Crippen molar-refractivity contribution in [3.63, 3.8) is 0 Å². The minimum atomic E-state index is 0.0150. The molecule has 0 aromatic heterocycles. The zero-order valence-corrected chi connectivity index (χ0v) is 12.0. The maximum Gasteiger partial charge on any atom is 0.246 e. The number of rotatable bonds is 6. The van der Waals surface area contributed by atoms with E-state index in [1.165, 1.54) is 0 Å². The van der Waals surface area contributed by atoms with E-state index >= 15 is 0 Å². The van der Waals surface area contributed by atoms with Crippen LogP contribution in [0.2, 0.25) is 0 Å². The Morgan fingerprint density at radius 3 is 2.63 bits per heavy atom. The van der Waals surface area contributed by atoms with E-state index in [1.54, 1.807) is 17.1 Å². The first-order valence-corrected chi connectivity index (χ1v) is 6.42. The highest BCUT2D eigenvalue weighted by atomic mass is 16.2. The Kier molecular flexibility index (Phi) is 6.09. The van der Waals surface area contributed by atoms with Crippen LogP contribution in [0.3, 0.4) is 0 Å². The van der Waals surface area contributed by atoms with Crippen molar-refractivity contribution >= 4 is 17.7 Å². The molecule has 0 fully saturated rings. The van der Waals surface area contributed by atoms with Crippen LogP contribution in [0.1, 0.15) is 12.0 Å². The van der Waals surface area contributed by atoms with Crippen LogP contribution < -0.4 is 5.73 Å². The highest BCUT2D eigenvalue weighted by Gasteiger charge is 2.04. The SMILES string of the molecule is CN(C)CCCN(C)C(=O)/C=C/c1cccc(N)c1. The highest BCUT2D eigenvalue weighted by Crippen LogP contribution is 2.08. The fraction of sp³-hybridized carbons (Fsp3) is 0.400. The second-order valence-corrected chi connectivity index (χ2v) is 4.92. The standard InChI is InChI=1S/C15H23N3O/c1-17(2)10-5-11-18(3)15(19)9-8-13-6-4-7-14(16)12-13/h4,6-9,12H,5,10-11,16H2,1-3H3/b9-8+. The molecule has 1 rings (SSSR count). The predicted molar refractivity (Wildman–Crippen MR) is 80.7 cm³/mol. The summed E-state index contributed by atoms with van der Waals surface area (Å²) in [5.74, 6) is 0.0150. The van der Waals surface area contributed by atoms with Crippen molar-refractivity contribution in [2.24, 2.45) is 0 Å². The average molecular weight is 261 g/mol. The molecule has 0 bridgehead atoms. The number of hydrogen-bond acceptors (Lipinski definition) is 3. The van der Waals surface area contributed by atoms with Crippen LogP contribution in [0.5, 0.6) is 0 Å². The molecule has 104 valence electrons. The molecule has 0 atom stereocenters. The molecule has 4 nitrogen and oxygen atoms in total. The van der Waals surface area contributed by atoms with Gasteiger partial charge in [-0.1, -0.05) is 12.1 Å². The third-order valence-corrected chi connectivity index (χ3v) is 2.80. The molecule has 19 heavy (non-hydrogen) atoms. The van der Waals surface area contributed by atoms with E-state index in [-0.39, 0.29) is 5.91 Å². The maximum atomic E-state index is 11.9. The third-order valence-electron chi connectivity index (χ3n) is 2.80. The monoisotopic (exact) mass is 261 g/mol. The largest absolute Gasteiger partial charge is 0.399 e. The van der Waals surface area contributed by atoms with Crippen LogP contribution >= 0.6 is 0 Å². The second kappa shape index (κ2) is 7.59. The van der Waals surface area contributed by atoms with Crippen molar-refractivity contribution in [2.75, 3.05) is 40.0 Å². The van der Waals surface area contributed by atoms with E-state index in [4.69, 9.17) is 5.73 Å². The first kappa shape index (κ1) is 15.2. The smallest absolute Gasteiger partial charge is 0.246 e. The van der Waals surface area contributed by atoms with Crippen LogP contribution in [0.4, 0.5) is 5.69 Å². The van der Waals surface area contributed by atoms with Crippen LogP contribution in [0.25, 0.3) is 6.08 Å². The number of anilines is 1. The normalized spacial score (nSPS) is 11.2. The molecule has 0 unspecified atom stereocenters. The molecular formula is C15H23N3O.